The predicted octanol–water partition coefficient (Wildman–Crippen LogP) is 1.51. The second-order valence-corrected chi connectivity index (χ2v) is 6.47. The van der Waals surface area contributed by atoms with Gasteiger partial charge >= 0.3 is 0 Å². The minimum atomic E-state index is -1.07. The summed E-state index contributed by atoms with van der Waals surface area (Å²) >= 11 is 0. The lowest BCUT2D eigenvalue weighted by molar-refractivity contribution is -0.129. The number of unbranched alkanes of at least 4 members (excludes halogenated alkanes) is 1. The van der Waals surface area contributed by atoms with Crippen LogP contribution in [0.2, 0.25) is 0 Å². The van der Waals surface area contributed by atoms with Crippen molar-refractivity contribution >= 4 is 22.5 Å². The van der Waals surface area contributed by atoms with Crippen molar-refractivity contribution in [1.29, 1.82) is 0 Å². The third-order valence-electron chi connectivity index (χ3n) is 3.14. The van der Waals surface area contributed by atoms with Crippen molar-refractivity contribution in [2.45, 2.75) is 45.4 Å². The first-order valence-corrected chi connectivity index (χ1v) is 8.20. The van der Waals surface area contributed by atoms with Crippen LogP contribution in [0.1, 0.15) is 45.4 Å². The van der Waals surface area contributed by atoms with Crippen molar-refractivity contribution in [3.05, 3.63) is 0 Å². The molecule has 5 heteroatoms. The van der Waals surface area contributed by atoms with Crippen LogP contribution in [0.3, 0.4) is 0 Å². The average Bonchev–Trinajstić information content (AvgIpc) is 2.35. The predicted molar refractivity (Wildman–Crippen MR) is 72.8 cm³/mol. The highest BCUT2D eigenvalue weighted by Crippen LogP contribution is 2.09. The lowest BCUT2D eigenvalue weighted by Crippen LogP contribution is -2.38. The van der Waals surface area contributed by atoms with Crippen molar-refractivity contribution in [1.82, 2.24) is 4.90 Å². The molecule has 1 amide bonds. The number of Topliss-reactive ketones (excluding diaryl/α,β-unsaturated/α-hetero) is 1. The Hall–Kier alpha value is -0.710. The molecule has 104 valence electrons. The summed E-state index contributed by atoms with van der Waals surface area (Å²) in [6, 6.07) is 0. The Kier molecular flexibility index (Phi) is 7.16. The van der Waals surface area contributed by atoms with Crippen LogP contribution >= 0.6 is 0 Å². The Bertz CT molecular complexity index is 311. The molecule has 0 saturated carbocycles. The van der Waals surface area contributed by atoms with Gasteiger partial charge in [0.05, 0.1) is 0 Å². The van der Waals surface area contributed by atoms with E-state index in [2.05, 4.69) is 0 Å². The molecule has 0 spiro atoms. The van der Waals surface area contributed by atoms with Gasteiger partial charge in [0.15, 0.2) is 0 Å². The summed E-state index contributed by atoms with van der Waals surface area (Å²) in [6.07, 6.45) is 5.42. The number of hydrogen-bond acceptors (Lipinski definition) is 3. The molecule has 0 aromatic carbocycles. The molecule has 1 fully saturated rings. The van der Waals surface area contributed by atoms with Gasteiger partial charge in [-0.2, -0.15) is 0 Å². The smallest absolute Gasteiger partial charge is 0.235 e. The maximum absolute atomic E-state index is 11.8. The van der Waals surface area contributed by atoms with Crippen LogP contribution in [0.25, 0.3) is 0 Å². The molecular formula is C13H23NO3S. The number of carbonyl (C=O) groups excluding carboxylic acids is 2. The average molecular weight is 273 g/mol. The van der Waals surface area contributed by atoms with Crippen molar-refractivity contribution in [2.75, 3.05) is 24.6 Å². The van der Waals surface area contributed by atoms with E-state index in [1.807, 2.05) is 4.90 Å². The fraction of sp³-hybridized carbons (Fsp3) is 0.846. The second-order valence-electron chi connectivity index (χ2n) is 4.89. The van der Waals surface area contributed by atoms with E-state index in [1.54, 1.807) is 6.92 Å². The summed E-state index contributed by atoms with van der Waals surface area (Å²) < 4.78 is 11.7. The Labute approximate surface area is 112 Å². The highest BCUT2D eigenvalue weighted by atomic mass is 32.2. The van der Waals surface area contributed by atoms with E-state index in [9.17, 15) is 13.8 Å². The first-order chi connectivity index (χ1) is 8.59. The molecule has 4 nitrogen and oxygen atoms in total. The number of hydrogen-bond donors (Lipinski definition) is 0. The lowest BCUT2D eigenvalue weighted by atomic mass is 10.1. The van der Waals surface area contributed by atoms with Crippen molar-refractivity contribution in [3.63, 3.8) is 0 Å². The van der Waals surface area contributed by atoms with Gasteiger partial charge in [-0.25, -0.2) is 0 Å². The highest BCUT2D eigenvalue weighted by molar-refractivity contribution is 7.85. The number of rotatable bonds is 7. The van der Waals surface area contributed by atoms with Crippen LogP contribution < -0.4 is 0 Å². The quantitative estimate of drug-likeness (QED) is 0.661. The van der Waals surface area contributed by atoms with Gasteiger partial charge in [-0.15, -0.1) is 0 Å². The highest BCUT2D eigenvalue weighted by Gasteiger charge is 2.18. The first kappa shape index (κ1) is 15.3. The monoisotopic (exact) mass is 273 g/mol. The fourth-order valence-corrected chi connectivity index (χ4v) is 3.21. The minimum Gasteiger partial charge on any atom is -0.342 e. The normalized spacial score (nSPS) is 17.5. The van der Waals surface area contributed by atoms with Gasteiger partial charge in [-0.3, -0.25) is 9.00 Å². The number of piperidine rings is 1. The number of carbonyl (C=O) groups is 2. The zero-order chi connectivity index (χ0) is 13.4. The van der Waals surface area contributed by atoms with Gasteiger partial charge in [0, 0.05) is 36.1 Å². The van der Waals surface area contributed by atoms with Gasteiger partial charge in [-0.05, 0) is 39.0 Å². The Morgan fingerprint density at radius 1 is 1.11 bits per heavy atom. The number of nitrogens with zero attached hydrogens (tertiary/aromatic N) is 1. The number of ketones is 1. The molecule has 0 aromatic heterocycles. The zero-order valence-electron chi connectivity index (χ0n) is 11.2. The maximum Gasteiger partial charge on any atom is 0.235 e. The molecule has 1 rings (SSSR count). The van der Waals surface area contributed by atoms with Gasteiger partial charge in [0.2, 0.25) is 5.91 Å². The van der Waals surface area contributed by atoms with E-state index in [0.717, 1.165) is 38.8 Å². The summed E-state index contributed by atoms with van der Waals surface area (Å²) in [7, 11) is -1.07. The Morgan fingerprint density at radius 2 is 1.78 bits per heavy atom. The van der Waals surface area contributed by atoms with E-state index in [-0.39, 0.29) is 17.4 Å². The lowest BCUT2D eigenvalue weighted by Gasteiger charge is -2.26. The molecule has 1 heterocycles. The molecular weight excluding hydrogens is 250 g/mol. The third kappa shape index (κ3) is 6.28. The maximum atomic E-state index is 11.8. The van der Waals surface area contributed by atoms with Crippen molar-refractivity contribution in [3.8, 4) is 0 Å². The largest absolute Gasteiger partial charge is 0.342 e. The summed E-state index contributed by atoms with van der Waals surface area (Å²) in [5.41, 5.74) is 0. The summed E-state index contributed by atoms with van der Waals surface area (Å²) in [5.74, 6) is 0.886. The molecule has 0 aromatic rings. The molecule has 18 heavy (non-hydrogen) atoms. The third-order valence-corrected chi connectivity index (χ3v) is 4.46. The van der Waals surface area contributed by atoms with Crippen LogP contribution in [0, 0.1) is 0 Å². The van der Waals surface area contributed by atoms with Gasteiger partial charge in [0.25, 0.3) is 0 Å². The molecule has 0 N–H and O–H groups in total. The van der Waals surface area contributed by atoms with Crippen LogP contribution in [0.15, 0.2) is 0 Å². The SMILES string of the molecule is CC(=O)CCCCS(=O)CC(=O)N1CCCCC1. The van der Waals surface area contributed by atoms with Gasteiger partial charge in [-0.1, -0.05) is 0 Å². The van der Waals surface area contributed by atoms with E-state index in [0.29, 0.717) is 12.2 Å². The van der Waals surface area contributed by atoms with E-state index >= 15 is 0 Å². The van der Waals surface area contributed by atoms with E-state index in [4.69, 9.17) is 0 Å². The molecule has 1 saturated heterocycles. The molecule has 1 aliphatic rings. The van der Waals surface area contributed by atoms with E-state index < -0.39 is 10.8 Å². The summed E-state index contributed by atoms with van der Waals surface area (Å²) in [4.78, 5) is 24.4. The summed E-state index contributed by atoms with van der Waals surface area (Å²) in [5, 5.41) is 0. The van der Waals surface area contributed by atoms with Crippen molar-refractivity contribution < 1.29 is 13.8 Å². The molecule has 0 aliphatic carbocycles. The molecule has 0 bridgehead atoms. The number of amides is 1. The van der Waals surface area contributed by atoms with Crippen LogP contribution in [0.4, 0.5) is 0 Å². The van der Waals surface area contributed by atoms with Gasteiger partial charge < -0.3 is 9.69 Å². The van der Waals surface area contributed by atoms with Crippen LogP contribution in [0.5, 0.6) is 0 Å². The van der Waals surface area contributed by atoms with E-state index in [1.165, 1.54) is 6.42 Å². The van der Waals surface area contributed by atoms with Gasteiger partial charge in [0.1, 0.15) is 11.5 Å². The second kappa shape index (κ2) is 8.40. The molecule has 1 atom stereocenters. The molecule has 0 radical (unpaired) electrons. The van der Waals surface area contributed by atoms with Crippen LogP contribution in [-0.4, -0.2) is 45.4 Å². The molecule has 1 aliphatic heterocycles. The Balaban J connectivity index is 2.14. The number of likely N-dealkylation sites (tertiary alicyclic amines) is 1. The minimum absolute atomic E-state index is 0.0274. The summed E-state index contributed by atoms with van der Waals surface area (Å²) in [6.45, 7) is 3.21. The topological polar surface area (TPSA) is 54.5 Å². The standard InChI is InChI=1S/C13H23NO3S/c1-12(15)7-3-6-10-18(17)11-13(16)14-8-4-2-5-9-14/h2-11H2,1H3. The first-order valence-electron chi connectivity index (χ1n) is 6.72. The zero-order valence-corrected chi connectivity index (χ0v) is 12.0. The Morgan fingerprint density at radius 3 is 2.39 bits per heavy atom. The van der Waals surface area contributed by atoms with Crippen molar-refractivity contribution in [2.24, 2.45) is 0 Å². The molecule has 1 unspecified atom stereocenters. The van der Waals surface area contributed by atoms with Crippen LogP contribution in [-0.2, 0) is 20.4 Å². The fourth-order valence-electron chi connectivity index (χ4n) is 2.08.